The summed E-state index contributed by atoms with van der Waals surface area (Å²) >= 11 is 0. The van der Waals surface area contributed by atoms with E-state index in [0.29, 0.717) is 24.2 Å². The van der Waals surface area contributed by atoms with Crippen molar-refractivity contribution >= 4 is 29.0 Å². The number of fused-ring (bicyclic) bond motifs is 1. The van der Waals surface area contributed by atoms with Crippen molar-refractivity contribution in [2.45, 2.75) is 26.2 Å². The minimum Gasteiger partial charge on any atom is -0.326 e. The summed E-state index contributed by atoms with van der Waals surface area (Å²) in [5, 5.41) is 2.86. The van der Waals surface area contributed by atoms with Gasteiger partial charge in [-0.15, -0.1) is 0 Å². The lowest BCUT2D eigenvalue weighted by molar-refractivity contribution is -0.118. The van der Waals surface area contributed by atoms with E-state index in [4.69, 9.17) is 0 Å². The third-order valence-electron chi connectivity index (χ3n) is 4.46. The molecule has 3 rings (SSSR count). The molecular weight excluding hydrogens is 316 g/mol. The minimum absolute atomic E-state index is 0.00948. The van der Waals surface area contributed by atoms with E-state index in [-0.39, 0.29) is 23.5 Å². The van der Waals surface area contributed by atoms with Crippen LogP contribution in [0.3, 0.4) is 0 Å². The van der Waals surface area contributed by atoms with Gasteiger partial charge in [-0.2, -0.15) is 0 Å². The highest BCUT2D eigenvalue weighted by atomic mass is 16.2. The van der Waals surface area contributed by atoms with Crippen molar-refractivity contribution < 1.29 is 14.4 Å². The van der Waals surface area contributed by atoms with Crippen molar-refractivity contribution in [1.29, 1.82) is 0 Å². The molecule has 1 aliphatic heterocycles. The Hall–Kier alpha value is -2.95. The summed E-state index contributed by atoms with van der Waals surface area (Å²) in [7, 11) is 0. The first kappa shape index (κ1) is 16.9. The molecule has 0 bridgehead atoms. The molecule has 5 heteroatoms. The number of Topliss-reactive ketones (excluding diaryl/α,β-unsaturated/α-hetero) is 1. The standard InChI is InChI=1S/C20H20N2O3/c1-13(23)15-7-9-17(10-8-15)21-20(25)11-16-12-22(14(2)24)19-6-4-3-5-18(16)19/h3-10,16H,11-12H2,1-2H3,(H,21,25). The molecule has 128 valence electrons. The second-order valence-corrected chi connectivity index (χ2v) is 6.27. The molecule has 2 aromatic carbocycles. The third-order valence-corrected chi connectivity index (χ3v) is 4.46. The first-order valence-electron chi connectivity index (χ1n) is 8.23. The lowest BCUT2D eigenvalue weighted by Gasteiger charge is -2.15. The molecule has 0 saturated carbocycles. The Balaban J connectivity index is 1.69. The molecular formula is C20H20N2O3. The Bertz CT molecular complexity index is 827. The van der Waals surface area contributed by atoms with Crippen LogP contribution in [-0.4, -0.2) is 24.1 Å². The molecule has 5 nitrogen and oxygen atoms in total. The lowest BCUT2D eigenvalue weighted by atomic mass is 9.97. The van der Waals surface area contributed by atoms with Crippen LogP contribution in [-0.2, 0) is 9.59 Å². The van der Waals surface area contributed by atoms with E-state index < -0.39 is 0 Å². The predicted molar refractivity (Wildman–Crippen MR) is 96.9 cm³/mol. The average molecular weight is 336 g/mol. The molecule has 1 heterocycles. The normalized spacial score (nSPS) is 15.6. The summed E-state index contributed by atoms with van der Waals surface area (Å²) in [6.45, 7) is 3.56. The predicted octanol–water partition coefficient (Wildman–Crippen LogP) is 3.37. The van der Waals surface area contributed by atoms with Crippen LogP contribution in [0.15, 0.2) is 48.5 Å². The number of ketones is 1. The molecule has 0 aromatic heterocycles. The topological polar surface area (TPSA) is 66.5 Å². The summed E-state index contributed by atoms with van der Waals surface area (Å²) < 4.78 is 0. The van der Waals surface area contributed by atoms with Gasteiger partial charge in [0.05, 0.1) is 0 Å². The molecule has 1 unspecified atom stereocenters. The van der Waals surface area contributed by atoms with Gasteiger partial charge >= 0.3 is 0 Å². The molecule has 1 aliphatic rings. The SMILES string of the molecule is CC(=O)c1ccc(NC(=O)CC2CN(C(C)=O)c3ccccc32)cc1. The van der Waals surface area contributed by atoms with Gasteiger partial charge < -0.3 is 10.2 Å². The average Bonchev–Trinajstić information content (AvgIpc) is 2.94. The smallest absolute Gasteiger partial charge is 0.225 e. The number of carbonyl (C=O) groups is 3. The number of rotatable bonds is 4. The molecule has 25 heavy (non-hydrogen) atoms. The van der Waals surface area contributed by atoms with Crippen LogP contribution in [0.5, 0.6) is 0 Å². The zero-order valence-electron chi connectivity index (χ0n) is 14.3. The van der Waals surface area contributed by atoms with E-state index in [0.717, 1.165) is 11.3 Å². The molecule has 1 N–H and O–H groups in total. The van der Waals surface area contributed by atoms with Crippen LogP contribution < -0.4 is 10.2 Å². The number of carbonyl (C=O) groups excluding carboxylic acids is 3. The first-order valence-corrected chi connectivity index (χ1v) is 8.23. The highest BCUT2D eigenvalue weighted by Gasteiger charge is 2.31. The molecule has 0 aliphatic carbocycles. The maximum atomic E-state index is 12.4. The van der Waals surface area contributed by atoms with Crippen LogP contribution in [0.1, 0.15) is 42.1 Å². The number of para-hydroxylation sites is 1. The number of nitrogens with one attached hydrogen (secondary N) is 1. The summed E-state index contributed by atoms with van der Waals surface area (Å²) in [4.78, 5) is 37.2. The summed E-state index contributed by atoms with van der Waals surface area (Å²) in [5.74, 6) is -0.155. The van der Waals surface area contributed by atoms with Crippen LogP contribution >= 0.6 is 0 Å². The molecule has 0 saturated heterocycles. The first-order chi connectivity index (χ1) is 12.0. The molecule has 0 radical (unpaired) electrons. The van der Waals surface area contributed by atoms with Crippen molar-refractivity contribution in [2.24, 2.45) is 0 Å². The van der Waals surface area contributed by atoms with Crippen LogP contribution in [0.4, 0.5) is 11.4 Å². The number of nitrogens with zero attached hydrogens (tertiary/aromatic N) is 1. The Morgan fingerprint density at radius 1 is 1.04 bits per heavy atom. The van der Waals surface area contributed by atoms with Crippen LogP contribution in [0, 0.1) is 0 Å². The van der Waals surface area contributed by atoms with E-state index in [1.807, 2.05) is 24.3 Å². The maximum Gasteiger partial charge on any atom is 0.225 e. The van der Waals surface area contributed by atoms with Crippen molar-refractivity contribution in [2.75, 3.05) is 16.8 Å². The van der Waals surface area contributed by atoms with Crippen molar-refractivity contribution in [3.8, 4) is 0 Å². The highest BCUT2D eigenvalue weighted by molar-refractivity contribution is 5.97. The van der Waals surface area contributed by atoms with Gasteiger partial charge in [-0.1, -0.05) is 18.2 Å². The number of anilines is 2. The maximum absolute atomic E-state index is 12.4. The molecule has 0 fully saturated rings. The monoisotopic (exact) mass is 336 g/mol. The van der Waals surface area contributed by atoms with E-state index >= 15 is 0 Å². The van der Waals surface area contributed by atoms with Crippen molar-refractivity contribution in [1.82, 2.24) is 0 Å². The van der Waals surface area contributed by atoms with Gasteiger partial charge in [-0.25, -0.2) is 0 Å². The Morgan fingerprint density at radius 3 is 2.36 bits per heavy atom. The van der Waals surface area contributed by atoms with E-state index in [9.17, 15) is 14.4 Å². The molecule has 1 atom stereocenters. The fourth-order valence-electron chi connectivity index (χ4n) is 3.19. The quantitative estimate of drug-likeness (QED) is 0.871. The van der Waals surface area contributed by atoms with Crippen LogP contribution in [0.2, 0.25) is 0 Å². The molecule has 2 amide bonds. The second kappa shape index (κ2) is 6.89. The molecule has 2 aromatic rings. The number of amides is 2. The van der Waals surface area contributed by atoms with Crippen molar-refractivity contribution in [3.05, 3.63) is 59.7 Å². The number of benzene rings is 2. The number of hydrogen-bond donors (Lipinski definition) is 1. The van der Waals surface area contributed by atoms with Gasteiger partial charge in [0, 0.05) is 42.7 Å². The zero-order valence-corrected chi connectivity index (χ0v) is 14.3. The summed E-state index contributed by atoms with van der Waals surface area (Å²) in [6, 6.07) is 14.5. The summed E-state index contributed by atoms with van der Waals surface area (Å²) in [6.07, 6.45) is 0.301. The molecule has 0 spiro atoms. The third kappa shape index (κ3) is 3.60. The van der Waals surface area contributed by atoms with E-state index in [1.54, 1.807) is 29.2 Å². The van der Waals surface area contributed by atoms with Gasteiger partial charge in [-0.3, -0.25) is 14.4 Å². The van der Waals surface area contributed by atoms with Gasteiger partial charge in [0.1, 0.15) is 0 Å². The largest absolute Gasteiger partial charge is 0.326 e. The van der Waals surface area contributed by atoms with E-state index in [1.165, 1.54) is 13.8 Å². The fraction of sp³-hybridized carbons (Fsp3) is 0.250. The van der Waals surface area contributed by atoms with Gasteiger partial charge in [0.25, 0.3) is 0 Å². The lowest BCUT2D eigenvalue weighted by Crippen LogP contribution is -2.28. The Kier molecular flexibility index (Phi) is 4.65. The highest BCUT2D eigenvalue weighted by Crippen LogP contribution is 2.38. The van der Waals surface area contributed by atoms with Crippen LogP contribution in [0.25, 0.3) is 0 Å². The van der Waals surface area contributed by atoms with Gasteiger partial charge in [0.15, 0.2) is 5.78 Å². The van der Waals surface area contributed by atoms with Gasteiger partial charge in [0.2, 0.25) is 11.8 Å². The zero-order chi connectivity index (χ0) is 18.0. The Morgan fingerprint density at radius 2 is 1.72 bits per heavy atom. The van der Waals surface area contributed by atoms with Crippen molar-refractivity contribution in [3.63, 3.8) is 0 Å². The summed E-state index contributed by atoms with van der Waals surface area (Å²) in [5.41, 5.74) is 3.18. The van der Waals surface area contributed by atoms with Gasteiger partial charge in [-0.05, 0) is 42.8 Å². The second-order valence-electron chi connectivity index (χ2n) is 6.27. The minimum atomic E-state index is -0.110. The Labute approximate surface area is 146 Å². The number of hydrogen-bond acceptors (Lipinski definition) is 3. The fourth-order valence-corrected chi connectivity index (χ4v) is 3.19. The van der Waals surface area contributed by atoms with E-state index in [2.05, 4.69) is 5.32 Å².